The molecule has 0 atom stereocenters. The van der Waals surface area contributed by atoms with Crippen molar-refractivity contribution >= 4 is 6.21 Å². The molecule has 0 radical (unpaired) electrons. The maximum atomic E-state index is 8.50. The molecule has 5 nitrogen and oxygen atoms in total. The van der Waals surface area contributed by atoms with Crippen LogP contribution in [0.1, 0.15) is 5.82 Å². The minimum Gasteiger partial charge on any atom is -1.00 e. The van der Waals surface area contributed by atoms with Gasteiger partial charge in [-0.15, -0.1) is 0 Å². The van der Waals surface area contributed by atoms with Gasteiger partial charge in [0.25, 0.3) is 0 Å². The molecule has 0 saturated heterocycles. The van der Waals surface area contributed by atoms with Crippen LogP contribution in [-0.2, 0) is 13.6 Å². The summed E-state index contributed by atoms with van der Waals surface area (Å²) in [5, 5.41) is 11.5. The maximum Gasteiger partial charge on any atom is 0.303 e. The minimum absolute atomic E-state index is 0. The molecule has 1 N–H and O–H groups in total. The lowest BCUT2D eigenvalue weighted by Gasteiger charge is -2.06. The second-order valence-electron chi connectivity index (χ2n) is 3.51. The fraction of sp³-hybridized carbons (Fsp3) is 0.556. The van der Waals surface area contributed by atoms with Gasteiger partial charge in [-0.05, 0) is 14.1 Å². The van der Waals surface area contributed by atoms with Gasteiger partial charge in [-0.25, -0.2) is 9.13 Å². The first-order valence-electron chi connectivity index (χ1n) is 4.52. The molecule has 0 amide bonds. The molecule has 1 heterocycles. The number of likely N-dealkylation sites (N-methyl/N-ethyl adjacent to an activating group) is 1. The monoisotopic (exact) mass is 232 g/mol. The van der Waals surface area contributed by atoms with Crippen molar-refractivity contribution in [2.75, 3.05) is 20.6 Å². The van der Waals surface area contributed by atoms with Gasteiger partial charge in [0.05, 0.1) is 7.05 Å². The first kappa shape index (κ1) is 13.9. The molecule has 0 aliphatic carbocycles. The highest BCUT2D eigenvalue weighted by Gasteiger charge is 2.11. The van der Waals surface area contributed by atoms with Gasteiger partial charge < -0.3 is 22.5 Å². The fourth-order valence-electron chi connectivity index (χ4n) is 1.25. The molecule has 0 bridgehead atoms. The van der Waals surface area contributed by atoms with Gasteiger partial charge in [-0.1, -0.05) is 5.16 Å². The number of nitrogens with zero attached hydrogens (tertiary/aromatic N) is 4. The minimum atomic E-state index is 0. The number of hydrogen-bond acceptors (Lipinski definition) is 3. The molecule has 0 spiro atoms. The summed E-state index contributed by atoms with van der Waals surface area (Å²) in [7, 11) is 5.98. The van der Waals surface area contributed by atoms with Crippen LogP contribution >= 0.6 is 0 Å². The van der Waals surface area contributed by atoms with Crippen LogP contribution in [0.15, 0.2) is 17.5 Å². The Morgan fingerprint density at radius 3 is 2.80 bits per heavy atom. The average molecular weight is 233 g/mol. The van der Waals surface area contributed by atoms with Crippen LogP contribution in [0.25, 0.3) is 0 Å². The predicted molar refractivity (Wildman–Crippen MR) is 53.5 cm³/mol. The lowest BCUT2D eigenvalue weighted by Crippen LogP contribution is -3.00. The van der Waals surface area contributed by atoms with E-state index in [-0.39, 0.29) is 12.4 Å². The SMILES string of the molecule is CN(C)CCn1cc[n+](C)c1/C=N/O.[Cl-]. The Morgan fingerprint density at radius 2 is 2.27 bits per heavy atom. The Bertz CT molecular complexity index is 322. The van der Waals surface area contributed by atoms with E-state index in [0.717, 1.165) is 18.9 Å². The van der Waals surface area contributed by atoms with Crippen molar-refractivity contribution in [3.05, 3.63) is 18.2 Å². The number of oxime groups is 1. The second-order valence-corrected chi connectivity index (χ2v) is 3.51. The van der Waals surface area contributed by atoms with Crippen LogP contribution in [0.3, 0.4) is 0 Å². The van der Waals surface area contributed by atoms with Gasteiger partial charge in [0, 0.05) is 6.54 Å². The third-order valence-corrected chi connectivity index (χ3v) is 2.09. The van der Waals surface area contributed by atoms with E-state index in [2.05, 4.69) is 10.1 Å². The Morgan fingerprint density at radius 1 is 1.60 bits per heavy atom. The van der Waals surface area contributed by atoms with Gasteiger partial charge in [-0.3, -0.25) is 0 Å². The van der Waals surface area contributed by atoms with E-state index in [0.29, 0.717) is 0 Å². The molecule has 0 aromatic carbocycles. The van der Waals surface area contributed by atoms with Gasteiger partial charge in [0.1, 0.15) is 18.9 Å². The first-order valence-corrected chi connectivity index (χ1v) is 4.52. The van der Waals surface area contributed by atoms with E-state index in [1.165, 1.54) is 6.21 Å². The normalized spacial score (nSPS) is 10.9. The standard InChI is InChI=1S/C9H16N4O.ClH/c1-11(2)4-6-13-7-5-12(3)9(13)8-10-14;/h5,7-8H,4,6H2,1-3H3;1H. The van der Waals surface area contributed by atoms with Gasteiger partial charge >= 0.3 is 5.82 Å². The maximum absolute atomic E-state index is 8.50. The molecule has 0 saturated carbocycles. The Labute approximate surface area is 96.0 Å². The molecule has 15 heavy (non-hydrogen) atoms. The van der Waals surface area contributed by atoms with Crippen LogP contribution < -0.4 is 17.0 Å². The fourth-order valence-corrected chi connectivity index (χ4v) is 1.25. The van der Waals surface area contributed by atoms with E-state index in [1.807, 2.05) is 42.7 Å². The first-order chi connectivity index (χ1) is 6.65. The van der Waals surface area contributed by atoms with Crippen molar-refractivity contribution in [1.29, 1.82) is 0 Å². The van der Waals surface area contributed by atoms with Gasteiger partial charge in [0.15, 0.2) is 6.21 Å². The smallest absolute Gasteiger partial charge is 0.303 e. The molecular formula is C9H17ClN4O. The van der Waals surface area contributed by atoms with Crippen LogP contribution in [0.2, 0.25) is 0 Å². The van der Waals surface area contributed by atoms with Crippen molar-refractivity contribution in [3.63, 3.8) is 0 Å². The average Bonchev–Trinajstić information content (AvgIpc) is 2.46. The Hall–Kier alpha value is -1.07. The van der Waals surface area contributed by atoms with Gasteiger partial charge in [-0.2, -0.15) is 0 Å². The summed E-state index contributed by atoms with van der Waals surface area (Å²) in [5.41, 5.74) is 0. The topological polar surface area (TPSA) is 44.6 Å². The van der Waals surface area contributed by atoms with Crippen LogP contribution in [-0.4, -0.2) is 41.5 Å². The quantitative estimate of drug-likeness (QED) is 0.256. The van der Waals surface area contributed by atoms with Crippen LogP contribution in [0, 0.1) is 0 Å². The molecule has 0 unspecified atom stereocenters. The van der Waals surface area contributed by atoms with E-state index in [4.69, 9.17) is 5.21 Å². The molecule has 0 fully saturated rings. The third kappa shape index (κ3) is 3.89. The van der Waals surface area contributed by atoms with Crippen molar-refractivity contribution in [2.24, 2.45) is 12.2 Å². The lowest BCUT2D eigenvalue weighted by atomic mass is 10.5. The molecule has 6 heteroatoms. The van der Waals surface area contributed by atoms with Crippen molar-refractivity contribution < 1.29 is 22.2 Å². The zero-order valence-corrected chi connectivity index (χ0v) is 10.0. The van der Waals surface area contributed by atoms with E-state index >= 15 is 0 Å². The highest BCUT2D eigenvalue weighted by atomic mass is 35.5. The largest absolute Gasteiger partial charge is 1.00 e. The van der Waals surface area contributed by atoms with E-state index in [9.17, 15) is 0 Å². The number of aryl methyl sites for hydroxylation is 1. The molecule has 0 aliphatic heterocycles. The van der Waals surface area contributed by atoms with Crippen molar-refractivity contribution in [3.8, 4) is 0 Å². The number of aromatic nitrogens is 2. The molecule has 1 rings (SSSR count). The Balaban J connectivity index is 0.00000196. The van der Waals surface area contributed by atoms with Gasteiger partial charge in [0.2, 0.25) is 0 Å². The highest BCUT2D eigenvalue weighted by Crippen LogP contribution is 1.92. The predicted octanol–water partition coefficient (Wildman–Crippen LogP) is -3.31. The summed E-state index contributed by atoms with van der Waals surface area (Å²) in [6.07, 6.45) is 5.35. The molecule has 1 aromatic rings. The number of hydrogen-bond donors (Lipinski definition) is 1. The Kier molecular flexibility index (Phi) is 5.96. The summed E-state index contributed by atoms with van der Waals surface area (Å²) in [6.45, 7) is 1.84. The number of rotatable bonds is 4. The third-order valence-electron chi connectivity index (χ3n) is 2.09. The van der Waals surface area contributed by atoms with E-state index < -0.39 is 0 Å². The summed E-state index contributed by atoms with van der Waals surface area (Å²) in [4.78, 5) is 2.11. The van der Waals surface area contributed by atoms with Crippen LogP contribution in [0.5, 0.6) is 0 Å². The molecule has 86 valence electrons. The number of halogens is 1. The molecular weight excluding hydrogens is 216 g/mol. The number of imidazole rings is 1. The van der Waals surface area contributed by atoms with E-state index in [1.54, 1.807) is 0 Å². The second kappa shape index (κ2) is 6.42. The zero-order valence-electron chi connectivity index (χ0n) is 9.26. The summed E-state index contributed by atoms with van der Waals surface area (Å²) in [5.74, 6) is 0.884. The van der Waals surface area contributed by atoms with Crippen LogP contribution in [0.4, 0.5) is 0 Å². The molecule has 1 aromatic heterocycles. The summed E-state index contributed by atoms with van der Waals surface area (Å²) < 4.78 is 3.95. The lowest BCUT2D eigenvalue weighted by molar-refractivity contribution is -0.671. The zero-order chi connectivity index (χ0) is 10.6. The highest BCUT2D eigenvalue weighted by molar-refractivity contribution is 5.72. The summed E-state index contributed by atoms with van der Waals surface area (Å²) in [6, 6.07) is 0. The summed E-state index contributed by atoms with van der Waals surface area (Å²) >= 11 is 0. The van der Waals surface area contributed by atoms with Crippen molar-refractivity contribution in [1.82, 2.24) is 9.47 Å². The van der Waals surface area contributed by atoms with Crippen molar-refractivity contribution in [2.45, 2.75) is 6.54 Å². The molecule has 0 aliphatic rings.